The summed E-state index contributed by atoms with van der Waals surface area (Å²) in [6, 6.07) is 0.617. The molecule has 1 aliphatic carbocycles. The van der Waals surface area contributed by atoms with Gasteiger partial charge in [-0.2, -0.15) is 0 Å². The largest absolute Gasteiger partial charge is 0.338 e. The van der Waals surface area contributed by atoms with Gasteiger partial charge in [0.1, 0.15) is 0 Å². The summed E-state index contributed by atoms with van der Waals surface area (Å²) in [4.78, 5) is 13.4. The molecule has 3 nitrogen and oxygen atoms in total. The molecule has 0 aromatic heterocycles. The first kappa shape index (κ1) is 9.36. The van der Waals surface area contributed by atoms with Crippen molar-refractivity contribution in [3.05, 3.63) is 0 Å². The van der Waals surface area contributed by atoms with Gasteiger partial charge in [-0.3, -0.25) is 0 Å². The molecule has 1 rings (SSSR count). The Morgan fingerprint density at radius 2 is 2.17 bits per heavy atom. The topological polar surface area (TPSA) is 32.3 Å². The SMILES string of the molecule is CCNC(=O)N(CC)C1CCC1. The van der Waals surface area contributed by atoms with Crippen LogP contribution in [0.4, 0.5) is 4.79 Å². The normalized spacial score (nSPS) is 16.8. The lowest BCUT2D eigenvalue weighted by molar-refractivity contribution is 0.143. The number of carbonyl (C=O) groups is 1. The van der Waals surface area contributed by atoms with Crippen molar-refractivity contribution in [1.82, 2.24) is 10.2 Å². The van der Waals surface area contributed by atoms with Gasteiger partial charge in [0.25, 0.3) is 0 Å². The van der Waals surface area contributed by atoms with Crippen LogP contribution in [0.25, 0.3) is 0 Å². The molecule has 3 heteroatoms. The highest BCUT2D eigenvalue weighted by molar-refractivity contribution is 5.74. The number of amides is 2. The third kappa shape index (κ3) is 1.90. The molecular formula is C9H18N2O. The monoisotopic (exact) mass is 170 g/mol. The Hall–Kier alpha value is -0.730. The standard InChI is InChI=1S/C9H18N2O/c1-3-10-9(12)11(4-2)8-6-5-7-8/h8H,3-7H2,1-2H3,(H,10,12). The Morgan fingerprint density at radius 1 is 1.50 bits per heavy atom. The second-order valence-corrected chi connectivity index (χ2v) is 3.21. The molecule has 2 amide bonds. The van der Waals surface area contributed by atoms with E-state index in [1.165, 1.54) is 19.3 Å². The van der Waals surface area contributed by atoms with Crippen molar-refractivity contribution in [3.63, 3.8) is 0 Å². The number of nitrogens with zero attached hydrogens (tertiary/aromatic N) is 1. The van der Waals surface area contributed by atoms with Crippen molar-refractivity contribution in [3.8, 4) is 0 Å². The molecule has 0 aliphatic heterocycles. The fourth-order valence-corrected chi connectivity index (χ4v) is 1.52. The van der Waals surface area contributed by atoms with Crippen molar-refractivity contribution in [2.75, 3.05) is 13.1 Å². The average molecular weight is 170 g/mol. The van der Waals surface area contributed by atoms with Crippen LogP contribution in [-0.4, -0.2) is 30.1 Å². The number of hydrogen-bond donors (Lipinski definition) is 1. The zero-order chi connectivity index (χ0) is 8.97. The molecular weight excluding hydrogens is 152 g/mol. The summed E-state index contributed by atoms with van der Waals surface area (Å²) in [6.07, 6.45) is 3.65. The van der Waals surface area contributed by atoms with E-state index in [0.29, 0.717) is 6.04 Å². The van der Waals surface area contributed by atoms with Crippen LogP contribution in [0.1, 0.15) is 33.1 Å². The summed E-state index contributed by atoms with van der Waals surface area (Å²) in [5, 5.41) is 2.83. The van der Waals surface area contributed by atoms with Gasteiger partial charge in [-0.1, -0.05) is 0 Å². The predicted octanol–water partition coefficient (Wildman–Crippen LogP) is 1.59. The smallest absolute Gasteiger partial charge is 0.317 e. The van der Waals surface area contributed by atoms with Crippen LogP contribution in [0.3, 0.4) is 0 Å². The summed E-state index contributed by atoms with van der Waals surface area (Å²) >= 11 is 0. The highest BCUT2D eigenvalue weighted by atomic mass is 16.2. The first-order chi connectivity index (χ1) is 5.79. The van der Waals surface area contributed by atoms with Gasteiger partial charge in [0.2, 0.25) is 0 Å². The third-order valence-electron chi connectivity index (χ3n) is 2.45. The van der Waals surface area contributed by atoms with Gasteiger partial charge in [-0.15, -0.1) is 0 Å². The predicted molar refractivity (Wildman–Crippen MR) is 49.1 cm³/mol. The molecule has 0 spiro atoms. The molecule has 12 heavy (non-hydrogen) atoms. The van der Waals surface area contributed by atoms with E-state index in [4.69, 9.17) is 0 Å². The van der Waals surface area contributed by atoms with Crippen molar-refractivity contribution < 1.29 is 4.79 Å². The van der Waals surface area contributed by atoms with Crippen LogP contribution >= 0.6 is 0 Å². The van der Waals surface area contributed by atoms with Gasteiger partial charge < -0.3 is 10.2 Å². The molecule has 0 radical (unpaired) electrons. The van der Waals surface area contributed by atoms with Gasteiger partial charge in [0.05, 0.1) is 0 Å². The van der Waals surface area contributed by atoms with E-state index in [1.54, 1.807) is 0 Å². The maximum Gasteiger partial charge on any atom is 0.317 e. The van der Waals surface area contributed by atoms with E-state index in [2.05, 4.69) is 5.32 Å². The number of carbonyl (C=O) groups excluding carboxylic acids is 1. The van der Waals surface area contributed by atoms with Gasteiger partial charge in [0, 0.05) is 19.1 Å². The van der Waals surface area contributed by atoms with Crippen molar-refractivity contribution >= 4 is 6.03 Å². The van der Waals surface area contributed by atoms with Gasteiger partial charge >= 0.3 is 6.03 Å². The van der Waals surface area contributed by atoms with Crippen LogP contribution in [-0.2, 0) is 0 Å². The fraction of sp³-hybridized carbons (Fsp3) is 0.889. The number of rotatable bonds is 3. The lowest BCUT2D eigenvalue weighted by Crippen LogP contribution is -2.48. The maximum atomic E-state index is 11.4. The summed E-state index contributed by atoms with van der Waals surface area (Å²) in [7, 11) is 0. The van der Waals surface area contributed by atoms with Gasteiger partial charge in [0.15, 0.2) is 0 Å². The highest BCUT2D eigenvalue weighted by Crippen LogP contribution is 2.24. The molecule has 1 fully saturated rings. The Kier molecular flexibility index (Phi) is 3.38. The van der Waals surface area contributed by atoms with Gasteiger partial charge in [-0.25, -0.2) is 4.79 Å². The van der Waals surface area contributed by atoms with E-state index >= 15 is 0 Å². The minimum Gasteiger partial charge on any atom is -0.338 e. The fourth-order valence-electron chi connectivity index (χ4n) is 1.52. The van der Waals surface area contributed by atoms with Crippen LogP contribution in [0.2, 0.25) is 0 Å². The molecule has 0 bridgehead atoms. The zero-order valence-electron chi connectivity index (χ0n) is 7.97. The Morgan fingerprint density at radius 3 is 2.50 bits per heavy atom. The molecule has 70 valence electrons. The Balaban J connectivity index is 2.37. The quantitative estimate of drug-likeness (QED) is 0.685. The second kappa shape index (κ2) is 4.33. The Bertz CT molecular complexity index is 155. The first-order valence-electron chi connectivity index (χ1n) is 4.84. The molecule has 0 aromatic rings. The molecule has 1 N–H and O–H groups in total. The van der Waals surface area contributed by atoms with E-state index in [1.807, 2.05) is 18.7 Å². The average Bonchev–Trinajstić information content (AvgIpc) is 1.96. The van der Waals surface area contributed by atoms with Crippen molar-refractivity contribution in [1.29, 1.82) is 0 Å². The minimum atomic E-state index is 0.102. The van der Waals surface area contributed by atoms with Crippen LogP contribution < -0.4 is 5.32 Å². The first-order valence-corrected chi connectivity index (χ1v) is 4.84. The molecule has 0 unspecified atom stereocenters. The summed E-state index contributed by atoms with van der Waals surface area (Å²) in [5.41, 5.74) is 0. The van der Waals surface area contributed by atoms with E-state index in [9.17, 15) is 4.79 Å². The molecule has 0 aromatic carbocycles. The van der Waals surface area contributed by atoms with Crippen LogP contribution in [0.15, 0.2) is 0 Å². The zero-order valence-corrected chi connectivity index (χ0v) is 7.97. The van der Waals surface area contributed by atoms with E-state index < -0.39 is 0 Å². The number of urea groups is 1. The van der Waals surface area contributed by atoms with Gasteiger partial charge in [-0.05, 0) is 33.1 Å². The van der Waals surface area contributed by atoms with Crippen LogP contribution in [0, 0.1) is 0 Å². The second-order valence-electron chi connectivity index (χ2n) is 3.21. The van der Waals surface area contributed by atoms with Crippen molar-refractivity contribution in [2.24, 2.45) is 0 Å². The Labute approximate surface area is 74.1 Å². The molecule has 1 aliphatic rings. The lowest BCUT2D eigenvalue weighted by Gasteiger charge is -2.36. The van der Waals surface area contributed by atoms with E-state index in [-0.39, 0.29) is 6.03 Å². The summed E-state index contributed by atoms with van der Waals surface area (Å²) in [6.45, 7) is 5.54. The van der Waals surface area contributed by atoms with Crippen molar-refractivity contribution in [2.45, 2.75) is 39.2 Å². The summed E-state index contributed by atoms with van der Waals surface area (Å²) < 4.78 is 0. The molecule has 0 heterocycles. The maximum absolute atomic E-state index is 11.4. The summed E-state index contributed by atoms with van der Waals surface area (Å²) in [5.74, 6) is 0. The molecule has 1 saturated carbocycles. The minimum absolute atomic E-state index is 0.102. The highest BCUT2D eigenvalue weighted by Gasteiger charge is 2.26. The number of nitrogens with one attached hydrogen (secondary N) is 1. The number of hydrogen-bond acceptors (Lipinski definition) is 1. The third-order valence-corrected chi connectivity index (χ3v) is 2.45. The van der Waals surface area contributed by atoms with E-state index in [0.717, 1.165) is 13.1 Å². The molecule has 0 atom stereocenters. The lowest BCUT2D eigenvalue weighted by atomic mass is 9.92. The van der Waals surface area contributed by atoms with Crippen LogP contribution in [0.5, 0.6) is 0 Å². The molecule has 0 saturated heterocycles.